The summed E-state index contributed by atoms with van der Waals surface area (Å²) in [5.74, 6) is 0.306. The van der Waals surface area contributed by atoms with E-state index in [1.54, 1.807) is 18.2 Å². The molecule has 0 aliphatic rings. The molecule has 6 nitrogen and oxygen atoms in total. The zero-order chi connectivity index (χ0) is 23.3. The third-order valence-corrected chi connectivity index (χ3v) is 6.75. The monoisotopic (exact) mass is 468 g/mol. The minimum absolute atomic E-state index is 0.0180. The highest BCUT2D eigenvalue weighted by atomic mass is 32.1. The van der Waals surface area contributed by atoms with Gasteiger partial charge in [0.15, 0.2) is 5.13 Å². The van der Waals surface area contributed by atoms with Crippen LogP contribution in [-0.4, -0.2) is 34.3 Å². The molecule has 2 aromatic heterocycles. The fraction of sp³-hybridized carbons (Fsp3) is 0.148. The summed E-state index contributed by atoms with van der Waals surface area (Å²) in [6.45, 7) is 1.02. The van der Waals surface area contributed by atoms with Gasteiger partial charge in [-0.2, -0.15) is 5.10 Å². The fourth-order valence-corrected chi connectivity index (χ4v) is 5.02. The minimum Gasteiger partial charge on any atom is -0.497 e. The Hall–Kier alpha value is -3.97. The highest BCUT2D eigenvalue weighted by molar-refractivity contribution is 7.22. The van der Waals surface area contributed by atoms with Crippen molar-refractivity contribution in [1.82, 2.24) is 14.8 Å². The molecular formula is C27H24N4O2S. The van der Waals surface area contributed by atoms with Gasteiger partial charge in [0, 0.05) is 18.9 Å². The average molecular weight is 469 g/mol. The zero-order valence-electron chi connectivity index (χ0n) is 18.7. The molecule has 1 amide bonds. The maximum Gasteiger partial charge on any atom is 0.240 e. The number of aromatic nitrogens is 3. The maximum atomic E-state index is 14.2. The van der Waals surface area contributed by atoms with Crippen LogP contribution in [0.5, 0.6) is 5.75 Å². The van der Waals surface area contributed by atoms with E-state index >= 15 is 0 Å². The molecule has 0 bridgehead atoms. The van der Waals surface area contributed by atoms with E-state index in [2.05, 4.69) is 5.10 Å². The summed E-state index contributed by atoms with van der Waals surface area (Å²) < 4.78 is 8.18. The second-order valence-electron chi connectivity index (χ2n) is 7.84. The maximum absolute atomic E-state index is 14.2. The fourth-order valence-electron chi connectivity index (χ4n) is 3.99. The van der Waals surface area contributed by atoms with Crippen LogP contribution in [0.15, 0.2) is 97.3 Å². The Bertz CT molecular complexity index is 1330. The van der Waals surface area contributed by atoms with Crippen molar-refractivity contribution in [3.63, 3.8) is 0 Å². The van der Waals surface area contributed by atoms with Gasteiger partial charge in [0.05, 0.1) is 29.8 Å². The van der Waals surface area contributed by atoms with Gasteiger partial charge in [-0.05, 0) is 35.4 Å². The molecular weight excluding hydrogens is 444 g/mol. The van der Waals surface area contributed by atoms with Gasteiger partial charge in [-0.25, -0.2) is 4.98 Å². The zero-order valence-corrected chi connectivity index (χ0v) is 19.6. The number of hydrogen-bond donors (Lipinski definition) is 0. The van der Waals surface area contributed by atoms with Crippen molar-refractivity contribution in [3.8, 4) is 5.75 Å². The molecule has 0 saturated carbocycles. The molecule has 0 spiro atoms. The first-order valence-electron chi connectivity index (χ1n) is 11.1. The Balaban J connectivity index is 1.57. The van der Waals surface area contributed by atoms with Crippen molar-refractivity contribution in [1.29, 1.82) is 0 Å². The molecule has 0 atom stereocenters. The molecule has 0 saturated heterocycles. The summed E-state index contributed by atoms with van der Waals surface area (Å²) in [7, 11) is 1.65. The Morgan fingerprint density at radius 1 is 1.00 bits per heavy atom. The van der Waals surface area contributed by atoms with Crippen LogP contribution in [0.25, 0.3) is 10.2 Å². The summed E-state index contributed by atoms with van der Waals surface area (Å²) in [4.78, 5) is 20.9. The second-order valence-corrected chi connectivity index (χ2v) is 8.85. The number of anilines is 1. The molecule has 7 heteroatoms. The van der Waals surface area contributed by atoms with E-state index in [1.807, 2.05) is 95.8 Å². The lowest BCUT2D eigenvalue weighted by molar-refractivity contribution is -0.119. The first-order chi connectivity index (χ1) is 16.7. The van der Waals surface area contributed by atoms with Crippen molar-refractivity contribution in [2.45, 2.75) is 12.5 Å². The molecule has 0 unspecified atom stereocenters. The number of carbonyl (C=O) groups excluding carboxylic acids is 1. The quantitative estimate of drug-likeness (QED) is 0.307. The predicted molar refractivity (Wildman–Crippen MR) is 135 cm³/mol. The van der Waals surface area contributed by atoms with Crippen LogP contribution in [0.2, 0.25) is 0 Å². The molecule has 5 rings (SSSR count). The van der Waals surface area contributed by atoms with E-state index < -0.39 is 5.92 Å². The lowest BCUT2D eigenvalue weighted by Crippen LogP contribution is -2.38. The van der Waals surface area contributed by atoms with Crippen molar-refractivity contribution in [2.24, 2.45) is 0 Å². The number of fused-ring (bicyclic) bond motifs is 1. The summed E-state index contributed by atoms with van der Waals surface area (Å²) in [5.41, 5.74) is 2.74. The molecule has 2 heterocycles. The molecule has 170 valence electrons. The van der Waals surface area contributed by atoms with Crippen LogP contribution in [0.4, 0.5) is 5.13 Å². The minimum atomic E-state index is -0.443. The van der Waals surface area contributed by atoms with Crippen molar-refractivity contribution in [2.75, 3.05) is 18.6 Å². The number of nitrogens with zero attached hydrogens (tertiary/aromatic N) is 4. The highest BCUT2D eigenvalue weighted by Crippen LogP contribution is 2.35. The highest BCUT2D eigenvalue weighted by Gasteiger charge is 2.30. The van der Waals surface area contributed by atoms with Crippen molar-refractivity contribution in [3.05, 3.63) is 108 Å². The first-order valence-corrected chi connectivity index (χ1v) is 11.9. The van der Waals surface area contributed by atoms with Gasteiger partial charge in [-0.15, -0.1) is 0 Å². The SMILES string of the molecule is COc1ccc2nc(N(CCn3cccn3)C(=O)C(c3ccccc3)c3ccccc3)sc2c1. The Morgan fingerprint density at radius 3 is 2.32 bits per heavy atom. The van der Waals surface area contributed by atoms with Gasteiger partial charge in [-0.3, -0.25) is 14.4 Å². The van der Waals surface area contributed by atoms with E-state index in [9.17, 15) is 4.79 Å². The number of hydrogen-bond acceptors (Lipinski definition) is 5. The lowest BCUT2D eigenvalue weighted by Gasteiger charge is -2.26. The summed E-state index contributed by atoms with van der Waals surface area (Å²) in [6.07, 6.45) is 3.64. The van der Waals surface area contributed by atoms with E-state index in [0.717, 1.165) is 27.1 Å². The van der Waals surface area contributed by atoms with Crippen LogP contribution in [0.1, 0.15) is 17.0 Å². The molecule has 0 radical (unpaired) electrons. The Morgan fingerprint density at radius 2 is 1.71 bits per heavy atom. The van der Waals surface area contributed by atoms with Gasteiger partial charge < -0.3 is 4.74 Å². The molecule has 3 aromatic carbocycles. The predicted octanol–water partition coefficient (Wildman–Crippen LogP) is 5.37. The molecule has 0 aliphatic heterocycles. The van der Waals surface area contributed by atoms with Crippen LogP contribution in [0, 0.1) is 0 Å². The largest absolute Gasteiger partial charge is 0.497 e. The Labute approximate surface area is 202 Å². The third-order valence-electron chi connectivity index (χ3n) is 5.71. The number of thiazole rings is 1. The van der Waals surface area contributed by atoms with E-state index in [-0.39, 0.29) is 5.91 Å². The van der Waals surface area contributed by atoms with E-state index in [0.29, 0.717) is 18.2 Å². The molecule has 5 aromatic rings. The van der Waals surface area contributed by atoms with Crippen LogP contribution in [0.3, 0.4) is 0 Å². The average Bonchev–Trinajstić information content (AvgIpc) is 3.55. The van der Waals surface area contributed by atoms with E-state index in [1.165, 1.54) is 11.3 Å². The van der Waals surface area contributed by atoms with E-state index in [4.69, 9.17) is 9.72 Å². The van der Waals surface area contributed by atoms with Gasteiger partial charge >= 0.3 is 0 Å². The van der Waals surface area contributed by atoms with Gasteiger partial charge in [0.2, 0.25) is 5.91 Å². The van der Waals surface area contributed by atoms with Crippen molar-refractivity contribution < 1.29 is 9.53 Å². The topological polar surface area (TPSA) is 60.2 Å². The number of methoxy groups -OCH3 is 1. The van der Waals surface area contributed by atoms with Gasteiger partial charge in [0.1, 0.15) is 5.75 Å². The molecule has 0 aliphatic carbocycles. The molecule has 34 heavy (non-hydrogen) atoms. The molecule has 0 fully saturated rings. The summed E-state index contributed by atoms with van der Waals surface area (Å²) >= 11 is 1.49. The number of rotatable bonds is 8. The first kappa shape index (κ1) is 21.9. The number of carbonyl (C=O) groups is 1. The molecule has 0 N–H and O–H groups in total. The number of amides is 1. The van der Waals surface area contributed by atoms with Crippen molar-refractivity contribution >= 4 is 32.6 Å². The smallest absolute Gasteiger partial charge is 0.240 e. The lowest BCUT2D eigenvalue weighted by atomic mass is 9.90. The van der Waals surface area contributed by atoms with Gasteiger partial charge in [-0.1, -0.05) is 72.0 Å². The van der Waals surface area contributed by atoms with Crippen LogP contribution in [-0.2, 0) is 11.3 Å². The van der Waals surface area contributed by atoms with Crippen LogP contribution < -0.4 is 9.64 Å². The summed E-state index contributed by atoms with van der Waals surface area (Å²) in [6, 6.07) is 27.5. The van der Waals surface area contributed by atoms with Gasteiger partial charge in [0.25, 0.3) is 0 Å². The van der Waals surface area contributed by atoms with Crippen LogP contribution >= 0.6 is 11.3 Å². The summed E-state index contributed by atoms with van der Waals surface area (Å²) in [5, 5.41) is 4.98. The second kappa shape index (κ2) is 9.89. The standard InChI is InChI=1S/C27H24N4O2S/c1-33-22-13-14-23-24(19-22)34-27(29-23)31(18-17-30-16-8-15-28-30)26(32)25(20-9-4-2-5-10-20)21-11-6-3-7-12-21/h2-16,19,25H,17-18H2,1H3. The Kier molecular flexibility index (Phi) is 6.35. The number of ether oxygens (including phenoxy) is 1. The number of benzene rings is 3. The normalized spacial score (nSPS) is 11.1. The third kappa shape index (κ3) is 4.56.